The van der Waals surface area contributed by atoms with Crippen molar-refractivity contribution < 1.29 is 65.8 Å². The van der Waals surface area contributed by atoms with E-state index in [0.29, 0.717) is 106 Å². The summed E-state index contributed by atoms with van der Waals surface area (Å²) in [6, 6.07) is 6.51. The number of aryl methyl sites for hydroxylation is 1. The van der Waals surface area contributed by atoms with Gasteiger partial charge in [0.1, 0.15) is 23.5 Å². The number of allylic oxidation sites excluding steroid dienone is 1. The third kappa shape index (κ3) is 30.6. The van der Waals surface area contributed by atoms with Crippen LogP contribution >= 0.6 is 0 Å². The highest BCUT2D eigenvalue weighted by molar-refractivity contribution is 7.88. The van der Waals surface area contributed by atoms with Gasteiger partial charge in [0.25, 0.3) is 0 Å². The van der Waals surface area contributed by atoms with Gasteiger partial charge >= 0.3 is 10.8 Å². The minimum absolute atomic E-state index is 0.0915. The molecule has 1 aromatic rings. The molecule has 0 saturated heterocycles. The molecule has 51 heavy (non-hydrogen) atoms. The monoisotopic (exact) mass is 752 g/mol. The second-order valence-corrected chi connectivity index (χ2v) is 12.6. The fourth-order valence-corrected chi connectivity index (χ4v) is 4.90. The second kappa shape index (κ2) is 35.5. The van der Waals surface area contributed by atoms with Crippen molar-refractivity contribution in [2.45, 2.75) is 65.2 Å². The van der Waals surface area contributed by atoms with Crippen molar-refractivity contribution in [1.29, 1.82) is 0 Å². The molecule has 14 nitrogen and oxygen atoms in total. The van der Waals surface area contributed by atoms with E-state index in [-0.39, 0.29) is 13.2 Å². The van der Waals surface area contributed by atoms with E-state index in [4.69, 9.17) is 42.6 Å². The molecule has 0 bridgehead atoms. The van der Waals surface area contributed by atoms with Crippen molar-refractivity contribution in [3.63, 3.8) is 0 Å². The molecule has 0 aromatic heterocycles. The maximum atomic E-state index is 10.9. The SMILES string of the molecule is C/C=C/c1cc(CCCCCCCCC)ccc1OCCOCCOCCOCCOCCOCCOCCOCCOCCO[S+]([O])(=O)O[NH3+]. The Hall–Kier alpha value is -1.57. The molecule has 1 aromatic carbocycles. The molecule has 3 N–H and O–H groups in total. The number of benzene rings is 1. The van der Waals surface area contributed by atoms with Gasteiger partial charge in [-0.1, -0.05) is 63.7 Å². The van der Waals surface area contributed by atoms with Crippen LogP contribution in [-0.4, -0.2) is 119 Å². The quantitative estimate of drug-likeness (QED) is 0.0574. The predicted molar refractivity (Wildman–Crippen MR) is 194 cm³/mol. The molecular formula is C36H66NO13S+2. The average Bonchev–Trinajstić information content (AvgIpc) is 3.13. The first-order chi connectivity index (χ1) is 25.0. The lowest BCUT2D eigenvalue weighted by Crippen LogP contribution is -2.53. The van der Waals surface area contributed by atoms with E-state index >= 15 is 0 Å². The van der Waals surface area contributed by atoms with Crippen LogP contribution in [0.2, 0.25) is 0 Å². The van der Waals surface area contributed by atoms with Crippen LogP contribution < -0.4 is 10.6 Å². The van der Waals surface area contributed by atoms with Gasteiger partial charge in [-0.3, -0.25) is 0 Å². The van der Waals surface area contributed by atoms with E-state index in [0.717, 1.165) is 17.7 Å². The van der Waals surface area contributed by atoms with Gasteiger partial charge in [-0.15, -0.1) is 4.18 Å². The number of hydrogen-bond donors (Lipinski definition) is 1. The maximum absolute atomic E-state index is 10.9. The molecule has 0 aliphatic rings. The van der Waals surface area contributed by atoms with E-state index in [1.807, 2.05) is 13.0 Å². The van der Waals surface area contributed by atoms with Gasteiger partial charge in [-0.2, -0.15) is 5.90 Å². The van der Waals surface area contributed by atoms with Crippen LogP contribution in [0.1, 0.15) is 69.9 Å². The Kier molecular flexibility index (Phi) is 33.0. The summed E-state index contributed by atoms with van der Waals surface area (Å²) >= 11 is 0. The van der Waals surface area contributed by atoms with Crippen LogP contribution in [0.4, 0.5) is 0 Å². The van der Waals surface area contributed by atoms with Crippen LogP contribution in [0, 0.1) is 0 Å². The molecule has 0 heterocycles. The zero-order valence-corrected chi connectivity index (χ0v) is 32.0. The number of hydrogen-bond acceptors (Lipinski definition) is 12. The van der Waals surface area contributed by atoms with Gasteiger partial charge < -0.3 is 42.6 Å². The van der Waals surface area contributed by atoms with E-state index in [1.54, 1.807) is 0 Å². The van der Waals surface area contributed by atoms with Crippen molar-refractivity contribution in [2.24, 2.45) is 0 Å². The zero-order chi connectivity index (χ0) is 36.9. The molecule has 15 heteroatoms. The summed E-state index contributed by atoms with van der Waals surface area (Å²) in [5, 5.41) is 0. The van der Waals surface area contributed by atoms with E-state index in [1.165, 1.54) is 50.5 Å². The Morgan fingerprint density at radius 2 is 1.00 bits per heavy atom. The van der Waals surface area contributed by atoms with Crippen LogP contribution in [-0.2, 0) is 72.3 Å². The smallest absolute Gasteiger partial charge is 0.491 e. The van der Waals surface area contributed by atoms with Gasteiger partial charge in [-0.25, -0.2) is 0 Å². The second-order valence-electron chi connectivity index (χ2n) is 11.3. The number of unbranched alkanes of at least 4 members (excludes halogenated alkanes) is 6. The topological polar surface area (TPSA) is 166 Å². The highest BCUT2D eigenvalue weighted by Gasteiger charge is 2.35. The maximum Gasteiger partial charge on any atom is 0.597 e. The normalized spacial score (nSPS) is 12.9. The van der Waals surface area contributed by atoms with Crippen LogP contribution in [0.5, 0.6) is 5.75 Å². The molecular weight excluding hydrogens is 686 g/mol. The number of quaternary nitrogens is 1. The molecule has 0 fully saturated rings. The Balaban J connectivity index is 1.83. The fourth-order valence-electron chi connectivity index (χ4n) is 4.56. The van der Waals surface area contributed by atoms with Gasteiger partial charge in [0.05, 0.1) is 110 Å². The molecule has 1 radical (unpaired) electrons. The first-order valence-electron chi connectivity index (χ1n) is 18.4. The van der Waals surface area contributed by atoms with Crippen molar-refractivity contribution in [3.05, 3.63) is 35.4 Å². The molecule has 1 atom stereocenters. The summed E-state index contributed by atoms with van der Waals surface area (Å²) < 4.78 is 79.7. The highest BCUT2D eigenvalue weighted by Crippen LogP contribution is 2.23. The Morgan fingerprint density at radius 1 is 0.588 bits per heavy atom. The minimum atomic E-state index is -4.03. The van der Waals surface area contributed by atoms with Gasteiger partial charge in [-0.05, 0) is 37.5 Å². The fraction of sp³-hybridized carbons (Fsp3) is 0.778. The summed E-state index contributed by atoms with van der Waals surface area (Å²) in [5.41, 5.74) is 2.48. The summed E-state index contributed by atoms with van der Waals surface area (Å²) in [4.78, 5) is 0. The highest BCUT2D eigenvalue weighted by atomic mass is 32.3. The first kappa shape index (κ1) is 47.5. The lowest BCUT2D eigenvalue weighted by Gasteiger charge is -2.12. The lowest BCUT2D eigenvalue weighted by molar-refractivity contribution is -0.640. The third-order valence-corrected chi connectivity index (χ3v) is 7.92. The summed E-state index contributed by atoms with van der Waals surface area (Å²) in [7, 11) is -4.03. The molecule has 0 spiro atoms. The van der Waals surface area contributed by atoms with Gasteiger partial charge in [0.15, 0.2) is 0 Å². The van der Waals surface area contributed by atoms with Gasteiger partial charge in [0, 0.05) is 9.77 Å². The van der Waals surface area contributed by atoms with Crippen LogP contribution in [0.25, 0.3) is 6.08 Å². The molecule has 1 rings (SSSR count). The number of rotatable bonds is 39. The van der Waals surface area contributed by atoms with E-state index < -0.39 is 10.8 Å². The Morgan fingerprint density at radius 3 is 1.43 bits per heavy atom. The predicted octanol–water partition coefficient (Wildman–Crippen LogP) is 4.39. The van der Waals surface area contributed by atoms with Crippen molar-refractivity contribution in [1.82, 2.24) is 0 Å². The zero-order valence-electron chi connectivity index (χ0n) is 31.2. The average molecular weight is 753 g/mol. The van der Waals surface area contributed by atoms with E-state index in [9.17, 15) is 8.76 Å². The van der Waals surface area contributed by atoms with Crippen LogP contribution in [0.15, 0.2) is 24.3 Å². The molecule has 0 amide bonds. The molecule has 1 unspecified atom stereocenters. The number of ether oxygens (including phenoxy) is 9. The van der Waals surface area contributed by atoms with Crippen molar-refractivity contribution in [3.8, 4) is 5.75 Å². The van der Waals surface area contributed by atoms with Crippen molar-refractivity contribution >= 4 is 16.9 Å². The first-order valence-corrected chi connectivity index (χ1v) is 19.7. The minimum Gasteiger partial charge on any atom is -0.491 e. The van der Waals surface area contributed by atoms with Crippen molar-refractivity contribution in [2.75, 3.05) is 119 Å². The largest absolute Gasteiger partial charge is 0.597 e. The van der Waals surface area contributed by atoms with E-state index in [2.05, 4.69) is 45.6 Å². The lowest BCUT2D eigenvalue weighted by atomic mass is 10.0. The molecule has 0 aliphatic heterocycles. The molecule has 0 aliphatic carbocycles. The Labute approximate surface area is 307 Å². The van der Waals surface area contributed by atoms with Crippen LogP contribution in [0.3, 0.4) is 0 Å². The summed E-state index contributed by atoms with van der Waals surface area (Å²) in [5.74, 6) is 3.67. The van der Waals surface area contributed by atoms with Gasteiger partial charge in [0.2, 0.25) is 0 Å². The summed E-state index contributed by atoms with van der Waals surface area (Å²) in [6.07, 6.45) is 14.5. The standard InChI is InChI=1S/C36H66NO13S/c1-3-5-6-7-8-9-10-12-34-13-14-36(35(33-34)11-4-2)48-31-29-46-27-25-44-23-21-42-19-17-40-15-16-41-18-20-43-22-24-45-26-28-47-30-32-49-51(38,39)50-37/h4,11,13-14,33H,3,5-10,12,15-32H2,1-2,37H3/q+2/b11-4+. The third-order valence-electron chi connectivity index (χ3n) is 7.18. The molecule has 0 saturated carbocycles. The summed E-state index contributed by atoms with van der Waals surface area (Å²) in [6.45, 7) is 11.5. The Bertz CT molecular complexity index is 988. The molecule has 297 valence electrons.